The van der Waals surface area contributed by atoms with Crippen molar-refractivity contribution in [1.29, 1.82) is 0 Å². The van der Waals surface area contributed by atoms with Crippen molar-refractivity contribution in [2.75, 3.05) is 33.5 Å². The average molecular weight is 638 g/mol. The van der Waals surface area contributed by atoms with E-state index in [0.29, 0.717) is 0 Å². The third-order valence-corrected chi connectivity index (χ3v) is 7.28. The number of aliphatic carboxylic acids is 1. The fourth-order valence-electron chi connectivity index (χ4n) is 3.64. The second kappa shape index (κ2) is 19.2. The predicted molar refractivity (Wildman–Crippen MR) is 160 cm³/mol. The van der Waals surface area contributed by atoms with E-state index in [2.05, 4.69) is 4.76 Å². The van der Waals surface area contributed by atoms with E-state index in [9.17, 15) is 24.1 Å². The lowest BCUT2D eigenvalue weighted by Crippen LogP contribution is -2.48. The van der Waals surface area contributed by atoms with Crippen molar-refractivity contribution in [3.05, 3.63) is 71.8 Å². The Bertz CT molecular complexity index is 1180. The molecule has 44 heavy (non-hydrogen) atoms. The Kier molecular flexibility index (Phi) is 15.7. The molecule has 3 N–H and O–H groups in total. The molecular weight excluding hydrogens is 597 g/mol. The van der Waals surface area contributed by atoms with Gasteiger partial charge in [-0.1, -0.05) is 74.5 Å². The molecule has 0 radical (unpaired) electrons. The van der Waals surface area contributed by atoms with Crippen molar-refractivity contribution in [2.45, 2.75) is 45.9 Å². The van der Waals surface area contributed by atoms with Crippen molar-refractivity contribution in [3.63, 3.8) is 0 Å². The van der Waals surface area contributed by atoms with Crippen molar-refractivity contribution >= 4 is 32.0 Å². The lowest BCUT2D eigenvalue weighted by atomic mass is 10.0. The van der Waals surface area contributed by atoms with Crippen LogP contribution in [0.2, 0.25) is 0 Å². The summed E-state index contributed by atoms with van der Waals surface area (Å²) in [6, 6.07) is 17.1. The molecule has 0 fully saturated rings. The Morgan fingerprint density at radius 1 is 0.795 bits per heavy atom. The Hall–Kier alpha value is -4.13. The Labute approximate surface area is 256 Å². The second-order valence-corrected chi connectivity index (χ2v) is 11.3. The minimum absolute atomic E-state index is 0.0445. The Morgan fingerprint density at radius 3 is 1.61 bits per heavy atom. The number of guanidine groups is 1. The van der Waals surface area contributed by atoms with Crippen molar-refractivity contribution in [3.8, 4) is 0 Å². The molecule has 0 aliphatic carbocycles. The number of likely N-dealkylation sites (N-methyl/N-ethyl adjacent to an activating group) is 1. The molecule has 0 aliphatic heterocycles. The summed E-state index contributed by atoms with van der Waals surface area (Å²) in [6.07, 6.45) is -1.54. The quantitative estimate of drug-likeness (QED) is 0.0734. The number of hydrogen-bond donors (Lipinski definition) is 2. The third kappa shape index (κ3) is 13.9. The maximum atomic E-state index is 13.5. The zero-order valence-electron chi connectivity index (χ0n) is 25.0. The van der Waals surface area contributed by atoms with Crippen LogP contribution in [0, 0.1) is 5.92 Å². The first-order valence-corrected chi connectivity index (χ1v) is 15.4. The fourth-order valence-corrected chi connectivity index (χ4v) is 4.94. The highest BCUT2D eigenvalue weighted by Crippen LogP contribution is 2.50. The molecule has 0 aliphatic rings. The van der Waals surface area contributed by atoms with Crippen LogP contribution < -0.4 is 5.73 Å². The van der Waals surface area contributed by atoms with Crippen molar-refractivity contribution in [2.24, 2.45) is 16.4 Å². The average Bonchev–Trinajstić information content (AvgIpc) is 2.99. The molecule has 1 unspecified atom stereocenters. The molecule has 2 aromatic rings. The molecule has 242 valence electrons. The number of nitrogens with two attached hydrogens (primary N) is 1. The standard InChI is InChI=1S/C29H40N3O11P/c1-22(2)25(26(33)34)32(3)27(30)31-44(37,42-18-10-16-38-28(35)40-20-23-12-6-4-7-13-23)43-19-11-17-39-29(36)41-21-24-14-8-5-9-15-24/h4-9,12-15,22,25H,10-11,16-21H2,1-3H3,(H,33,34)(H2,30,31,37). The van der Waals surface area contributed by atoms with Gasteiger partial charge in [0.15, 0.2) is 0 Å². The largest absolute Gasteiger partial charge is 0.508 e. The van der Waals surface area contributed by atoms with Gasteiger partial charge in [0.2, 0.25) is 5.96 Å². The van der Waals surface area contributed by atoms with E-state index in [1.807, 2.05) is 36.4 Å². The van der Waals surface area contributed by atoms with Gasteiger partial charge in [0.1, 0.15) is 19.3 Å². The molecule has 0 aromatic heterocycles. The zero-order valence-corrected chi connectivity index (χ0v) is 25.9. The van der Waals surface area contributed by atoms with Crippen LogP contribution in [0.25, 0.3) is 0 Å². The SMILES string of the molecule is CC(C)C(C(=O)O)N(C)C(N)=NP(=O)(OCCCOC(=O)OCc1ccccc1)OCCCOC(=O)OCc1ccccc1. The minimum atomic E-state index is -4.28. The summed E-state index contributed by atoms with van der Waals surface area (Å²) in [6.45, 7) is 2.82. The molecular formula is C29H40N3O11P. The van der Waals surface area contributed by atoms with Crippen LogP contribution in [0.3, 0.4) is 0 Å². The number of carbonyl (C=O) groups excluding carboxylic acids is 2. The summed E-state index contributed by atoms with van der Waals surface area (Å²) in [5, 5.41) is 9.57. The van der Waals surface area contributed by atoms with Gasteiger partial charge in [-0.25, -0.2) is 18.9 Å². The van der Waals surface area contributed by atoms with Gasteiger partial charge < -0.3 is 34.7 Å². The topological polar surface area (TPSA) is 186 Å². The molecule has 0 saturated heterocycles. The normalized spacial score (nSPS) is 12.3. The van der Waals surface area contributed by atoms with E-state index in [1.54, 1.807) is 38.1 Å². The highest BCUT2D eigenvalue weighted by molar-refractivity contribution is 7.52. The molecule has 0 spiro atoms. The van der Waals surface area contributed by atoms with Crippen LogP contribution in [-0.2, 0) is 50.6 Å². The van der Waals surface area contributed by atoms with Crippen LogP contribution >= 0.6 is 7.75 Å². The number of ether oxygens (including phenoxy) is 4. The van der Waals surface area contributed by atoms with Crippen molar-refractivity contribution in [1.82, 2.24) is 4.90 Å². The smallest absolute Gasteiger partial charge is 0.480 e. The zero-order chi connectivity index (χ0) is 32.4. The summed E-state index contributed by atoms with van der Waals surface area (Å²) in [4.78, 5) is 36.5. The van der Waals surface area contributed by atoms with E-state index >= 15 is 0 Å². The first kappa shape index (κ1) is 36.1. The molecule has 0 heterocycles. The van der Waals surface area contributed by atoms with E-state index in [4.69, 9.17) is 33.7 Å². The number of hydrogen-bond acceptors (Lipinski definition) is 10. The Morgan fingerprint density at radius 2 is 1.23 bits per heavy atom. The highest BCUT2D eigenvalue weighted by Gasteiger charge is 2.31. The first-order valence-electron chi connectivity index (χ1n) is 13.9. The maximum Gasteiger partial charge on any atom is 0.508 e. The van der Waals surface area contributed by atoms with E-state index < -0.39 is 32.1 Å². The van der Waals surface area contributed by atoms with Crippen LogP contribution in [0.5, 0.6) is 0 Å². The molecule has 1 atom stereocenters. The lowest BCUT2D eigenvalue weighted by Gasteiger charge is -2.29. The fraction of sp³-hybridized carbons (Fsp3) is 0.448. The first-order chi connectivity index (χ1) is 21.0. The van der Waals surface area contributed by atoms with Crippen LogP contribution in [0.1, 0.15) is 37.8 Å². The summed E-state index contributed by atoms with van der Waals surface area (Å²) in [7, 11) is -2.88. The van der Waals surface area contributed by atoms with E-state index in [-0.39, 0.29) is 64.4 Å². The van der Waals surface area contributed by atoms with Gasteiger partial charge in [-0.15, -0.1) is 4.76 Å². The van der Waals surface area contributed by atoms with Gasteiger partial charge in [0.25, 0.3) is 0 Å². The van der Waals surface area contributed by atoms with Crippen LogP contribution in [-0.4, -0.2) is 73.8 Å². The van der Waals surface area contributed by atoms with Gasteiger partial charge in [-0.05, 0) is 17.0 Å². The lowest BCUT2D eigenvalue weighted by molar-refractivity contribution is -0.142. The van der Waals surface area contributed by atoms with Gasteiger partial charge in [-0.3, -0.25) is 9.05 Å². The van der Waals surface area contributed by atoms with Gasteiger partial charge >= 0.3 is 26.0 Å². The molecule has 2 aromatic carbocycles. The molecule has 15 heteroatoms. The number of rotatable bonds is 18. The minimum Gasteiger partial charge on any atom is -0.480 e. The van der Waals surface area contributed by atoms with Gasteiger partial charge in [0, 0.05) is 19.9 Å². The number of nitrogens with zero attached hydrogens (tertiary/aromatic N) is 2. The van der Waals surface area contributed by atoms with Crippen LogP contribution in [0.15, 0.2) is 65.4 Å². The maximum absolute atomic E-state index is 13.5. The second-order valence-electron chi connectivity index (χ2n) is 9.68. The number of benzene rings is 2. The van der Waals surface area contributed by atoms with E-state index in [0.717, 1.165) is 16.0 Å². The molecule has 2 rings (SSSR count). The molecule has 0 amide bonds. The summed E-state index contributed by atoms with van der Waals surface area (Å²) in [5.74, 6) is -1.88. The predicted octanol–water partition coefficient (Wildman–Crippen LogP) is 4.97. The number of carboxylic acid groups (broad SMARTS) is 1. The summed E-state index contributed by atoms with van der Waals surface area (Å²) >= 11 is 0. The molecule has 0 saturated carbocycles. The monoisotopic (exact) mass is 637 g/mol. The van der Waals surface area contributed by atoms with Crippen LogP contribution in [0.4, 0.5) is 9.59 Å². The summed E-state index contributed by atoms with van der Waals surface area (Å²) < 4.78 is 48.2. The van der Waals surface area contributed by atoms with Crippen molar-refractivity contribution < 1.29 is 52.1 Å². The highest BCUT2D eigenvalue weighted by atomic mass is 31.2. The summed E-state index contributed by atoms with van der Waals surface area (Å²) in [5.41, 5.74) is 7.58. The number of carbonyl (C=O) groups is 3. The third-order valence-electron chi connectivity index (χ3n) is 5.81. The Balaban J connectivity index is 1.87. The van der Waals surface area contributed by atoms with E-state index in [1.165, 1.54) is 7.05 Å². The molecule has 0 bridgehead atoms. The molecule has 14 nitrogen and oxygen atoms in total. The van der Waals surface area contributed by atoms with Gasteiger partial charge in [0.05, 0.1) is 26.4 Å². The van der Waals surface area contributed by atoms with Gasteiger partial charge in [-0.2, -0.15) is 0 Å². The number of carboxylic acids is 1.